The Kier molecular flexibility index (Phi) is 6.91. The fourth-order valence-electron chi connectivity index (χ4n) is 11.4. The van der Waals surface area contributed by atoms with Crippen LogP contribution in [0.2, 0.25) is 0 Å². The number of fused-ring (bicyclic) bond motifs is 7. The molecule has 0 aromatic heterocycles. The molecule has 5 nitrogen and oxygen atoms in total. The number of aliphatic hydroxyl groups is 2. The number of allylic oxidation sites excluding steroid dienone is 1. The van der Waals surface area contributed by atoms with Crippen LogP contribution in [0.5, 0.6) is 0 Å². The third kappa shape index (κ3) is 4.29. The van der Waals surface area contributed by atoms with Gasteiger partial charge in [-0.25, -0.2) is 0 Å². The summed E-state index contributed by atoms with van der Waals surface area (Å²) in [4.78, 5) is 12.2. The highest BCUT2D eigenvalue weighted by Gasteiger charge is 2.72. The fourth-order valence-corrected chi connectivity index (χ4v) is 11.4. The largest absolute Gasteiger partial charge is 0.462 e. The van der Waals surface area contributed by atoms with Crippen molar-refractivity contribution in [3.8, 4) is 0 Å². The molecular weight excluding hydrogens is 500 g/mol. The summed E-state index contributed by atoms with van der Waals surface area (Å²) in [6, 6.07) is 0. The van der Waals surface area contributed by atoms with Crippen molar-refractivity contribution in [3.63, 3.8) is 0 Å². The third-order valence-corrected chi connectivity index (χ3v) is 13.8. The molecule has 0 amide bonds. The summed E-state index contributed by atoms with van der Waals surface area (Å²) in [7, 11) is 0. The average Bonchev–Trinajstić information content (AvgIpc) is 2.78. The minimum absolute atomic E-state index is 0.00136. The fraction of sp³-hybridized carbons (Fsp3) is 0.914. The van der Waals surface area contributed by atoms with Gasteiger partial charge in [-0.1, -0.05) is 67.0 Å². The summed E-state index contributed by atoms with van der Waals surface area (Å²) in [5.41, 5.74) is 1.33. The van der Waals surface area contributed by atoms with Gasteiger partial charge >= 0.3 is 5.97 Å². The lowest BCUT2D eigenvalue weighted by atomic mass is 9.33. The van der Waals surface area contributed by atoms with E-state index in [0.717, 1.165) is 19.3 Å². The van der Waals surface area contributed by atoms with Crippen molar-refractivity contribution in [2.24, 2.45) is 50.2 Å². The highest BCUT2D eigenvalue weighted by Crippen LogP contribution is 2.76. The standard InChI is InChI=1S/C35H58O5/c1-21(36)39-26-19-27(40-31(6,7)38)35(11)25(30(26,4)5)12-13-34(10)28(35)24(37)18-22-23-20-29(2,3)14-15-32(23,8)16-17-33(22,34)9/h18,23-28,37-38H,12-17,19-20H2,1-11H3. The Hall–Kier alpha value is -0.910. The molecule has 5 rings (SSSR count). The number of carbonyl (C=O) groups is 1. The molecule has 0 spiro atoms. The summed E-state index contributed by atoms with van der Waals surface area (Å²) in [5, 5.41) is 23.3. The number of carbonyl (C=O) groups excluding carboxylic acids is 1. The Labute approximate surface area is 243 Å². The van der Waals surface area contributed by atoms with Gasteiger partial charge in [-0.15, -0.1) is 0 Å². The van der Waals surface area contributed by atoms with Gasteiger partial charge in [-0.3, -0.25) is 4.79 Å². The molecule has 10 atom stereocenters. The predicted molar refractivity (Wildman–Crippen MR) is 158 cm³/mol. The molecule has 0 bridgehead atoms. The van der Waals surface area contributed by atoms with Crippen LogP contribution in [-0.2, 0) is 14.3 Å². The molecule has 0 aromatic carbocycles. The molecule has 0 aliphatic heterocycles. The predicted octanol–water partition coefficient (Wildman–Crippen LogP) is 7.43. The van der Waals surface area contributed by atoms with Crippen molar-refractivity contribution < 1.29 is 24.5 Å². The molecule has 228 valence electrons. The van der Waals surface area contributed by atoms with Crippen LogP contribution in [0.15, 0.2) is 11.6 Å². The van der Waals surface area contributed by atoms with E-state index in [2.05, 4.69) is 61.5 Å². The monoisotopic (exact) mass is 558 g/mol. The first-order valence-electron chi connectivity index (χ1n) is 16.1. The van der Waals surface area contributed by atoms with Crippen molar-refractivity contribution in [3.05, 3.63) is 11.6 Å². The third-order valence-electron chi connectivity index (χ3n) is 13.8. The number of aliphatic hydroxyl groups excluding tert-OH is 1. The summed E-state index contributed by atoms with van der Waals surface area (Å²) >= 11 is 0. The molecule has 10 unspecified atom stereocenters. The van der Waals surface area contributed by atoms with Gasteiger partial charge in [0, 0.05) is 30.1 Å². The molecule has 0 aromatic rings. The number of hydrogen-bond acceptors (Lipinski definition) is 5. The quantitative estimate of drug-likeness (QED) is 0.214. The molecular formula is C35H58O5. The SMILES string of the molecule is CC(=O)OC1CC(OC(C)(C)O)C2(C)C(CCC3(C)C2C(O)C=C2C4CC(C)(C)CCC4(C)CCC23C)C1(C)C. The topological polar surface area (TPSA) is 76.0 Å². The minimum atomic E-state index is -1.33. The summed E-state index contributed by atoms with van der Waals surface area (Å²) in [6.07, 6.45) is 9.74. The Morgan fingerprint density at radius 2 is 1.57 bits per heavy atom. The van der Waals surface area contributed by atoms with Crippen LogP contribution in [0.4, 0.5) is 0 Å². The lowest BCUT2D eigenvalue weighted by molar-refractivity contribution is -0.313. The van der Waals surface area contributed by atoms with Gasteiger partial charge in [-0.05, 0) is 92.3 Å². The Morgan fingerprint density at radius 3 is 2.17 bits per heavy atom. The van der Waals surface area contributed by atoms with Gasteiger partial charge in [0.2, 0.25) is 0 Å². The molecule has 5 aliphatic carbocycles. The first kappa shape index (κ1) is 30.5. The molecule has 0 heterocycles. The van der Waals surface area contributed by atoms with Gasteiger partial charge in [0.05, 0.1) is 12.2 Å². The van der Waals surface area contributed by atoms with Gasteiger partial charge in [-0.2, -0.15) is 0 Å². The van der Waals surface area contributed by atoms with E-state index in [-0.39, 0.29) is 46.3 Å². The van der Waals surface area contributed by atoms with Gasteiger partial charge in [0.1, 0.15) is 6.10 Å². The number of ether oxygens (including phenoxy) is 2. The smallest absolute Gasteiger partial charge is 0.302 e. The number of esters is 1. The van der Waals surface area contributed by atoms with Crippen molar-refractivity contribution in [2.75, 3.05) is 0 Å². The maximum Gasteiger partial charge on any atom is 0.302 e. The molecule has 0 saturated heterocycles. The van der Waals surface area contributed by atoms with Crippen LogP contribution >= 0.6 is 0 Å². The molecule has 5 heteroatoms. The zero-order valence-electron chi connectivity index (χ0n) is 27.3. The van der Waals surface area contributed by atoms with E-state index in [0.29, 0.717) is 23.2 Å². The Morgan fingerprint density at radius 1 is 0.950 bits per heavy atom. The maximum atomic E-state index is 12.3. The van der Waals surface area contributed by atoms with Crippen molar-refractivity contribution in [2.45, 2.75) is 152 Å². The highest BCUT2D eigenvalue weighted by atomic mass is 16.6. The van der Waals surface area contributed by atoms with Crippen LogP contribution in [0.1, 0.15) is 128 Å². The maximum absolute atomic E-state index is 12.3. The lowest BCUT2D eigenvalue weighted by Crippen LogP contribution is -2.71. The first-order valence-corrected chi connectivity index (χ1v) is 16.1. The van der Waals surface area contributed by atoms with Crippen LogP contribution in [0, 0.1) is 50.2 Å². The second kappa shape index (κ2) is 9.05. The average molecular weight is 559 g/mol. The zero-order chi connectivity index (χ0) is 29.9. The molecule has 4 fully saturated rings. The van der Waals surface area contributed by atoms with Gasteiger partial charge < -0.3 is 19.7 Å². The second-order valence-electron chi connectivity index (χ2n) is 17.6. The van der Waals surface area contributed by atoms with Crippen LogP contribution < -0.4 is 0 Å². The highest BCUT2D eigenvalue weighted by molar-refractivity contribution is 5.66. The van der Waals surface area contributed by atoms with Crippen LogP contribution in [0.25, 0.3) is 0 Å². The Bertz CT molecular complexity index is 1070. The van der Waals surface area contributed by atoms with Crippen molar-refractivity contribution in [1.29, 1.82) is 0 Å². The molecule has 40 heavy (non-hydrogen) atoms. The normalized spacial score (nSPS) is 49.5. The first-order chi connectivity index (χ1) is 18.1. The summed E-state index contributed by atoms with van der Waals surface area (Å²) in [5.74, 6) is -0.966. The molecule has 0 radical (unpaired) electrons. The summed E-state index contributed by atoms with van der Waals surface area (Å²) in [6.45, 7) is 24.0. The molecule has 5 aliphatic rings. The van der Waals surface area contributed by atoms with Crippen LogP contribution in [0.3, 0.4) is 0 Å². The number of rotatable bonds is 3. The summed E-state index contributed by atoms with van der Waals surface area (Å²) < 4.78 is 12.5. The van der Waals surface area contributed by atoms with Crippen molar-refractivity contribution in [1.82, 2.24) is 0 Å². The van der Waals surface area contributed by atoms with E-state index >= 15 is 0 Å². The van der Waals surface area contributed by atoms with E-state index in [1.54, 1.807) is 13.8 Å². The van der Waals surface area contributed by atoms with Crippen LogP contribution in [-0.4, -0.2) is 40.3 Å². The van der Waals surface area contributed by atoms with E-state index in [9.17, 15) is 15.0 Å². The van der Waals surface area contributed by atoms with E-state index in [1.165, 1.54) is 38.2 Å². The molecule has 4 saturated carbocycles. The molecule has 2 N–H and O–H groups in total. The zero-order valence-corrected chi connectivity index (χ0v) is 27.3. The van der Waals surface area contributed by atoms with Gasteiger partial charge in [0.15, 0.2) is 5.79 Å². The van der Waals surface area contributed by atoms with Crippen molar-refractivity contribution >= 4 is 5.97 Å². The minimum Gasteiger partial charge on any atom is -0.462 e. The van der Waals surface area contributed by atoms with Gasteiger partial charge in [0.25, 0.3) is 0 Å². The van der Waals surface area contributed by atoms with E-state index in [1.807, 2.05) is 0 Å². The second-order valence-corrected chi connectivity index (χ2v) is 17.6. The lowest BCUT2D eigenvalue weighted by Gasteiger charge is -2.73. The van der Waals surface area contributed by atoms with E-state index < -0.39 is 17.3 Å². The van der Waals surface area contributed by atoms with E-state index in [4.69, 9.17) is 9.47 Å². The number of hydrogen-bond donors (Lipinski definition) is 2. The Balaban J connectivity index is 1.65.